The highest BCUT2D eigenvalue weighted by molar-refractivity contribution is 7.89. The summed E-state index contributed by atoms with van der Waals surface area (Å²) in [5.74, 6) is -1.21. The van der Waals surface area contributed by atoms with Crippen LogP contribution in [-0.4, -0.2) is 33.4 Å². The lowest BCUT2D eigenvalue weighted by atomic mass is 10.1. The molecule has 0 spiro atoms. The van der Waals surface area contributed by atoms with Crippen LogP contribution in [0.25, 0.3) is 0 Å². The van der Waals surface area contributed by atoms with Crippen LogP contribution in [0.2, 0.25) is 0 Å². The molecule has 0 aliphatic carbocycles. The van der Waals surface area contributed by atoms with Crippen LogP contribution in [0.3, 0.4) is 0 Å². The Bertz CT molecular complexity index is 861. The first-order valence-corrected chi connectivity index (χ1v) is 9.79. The molecular weight excluding hydrogens is 364 g/mol. The molecule has 2 rings (SSSR count). The monoisotopic (exact) mass is 382 g/mol. The first-order valence-electron chi connectivity index (χ1n) is 7.37. The molecule has 0 bridgehead atoms. The van der Waals surface area contributed by atoms with E-state index in [1.165, 1.54) is 12.1 Å². The maximum Gasteiger partial charge on any atom is 0.338 e. The number of sulfonamides is 1. The molecule has 0 radical (unpaired) electrons. The van der Waals surface area contributed by atoms with Gasteiger partial charge in [-0.05, 0) is 42.5 Å². The molecule has 0 unspecified atom stereocenters. The van der Waals surface area contributed by atoms with E-state index in [9.17, 15) is 18.0 Å². The second-order valence-corrected chi connectivity index (χ2v) is 7.87. The molecule has 1 aromatic carbocycles. The largest absolute Gasteiger partial charge is 0.452 e. The number of nitrogens with two attached hydrogens (primary N) is 1. The van der Waals surface area contributed by atoms with Crippen LogP contribution in [0.4, 0.5) is 0 Å². The number of ether oxygens (including phenoxy) is 1. The number of rotatable bonds is 7. The Morgan fingerprint density at radius 1 is 1.28 bits per heavy atom. The van der Waals surface area contributed by atoms with E-state index in [1.807, 2.05) is 17.5 Å². The number of benzene rings is 1. The standard InChI is InChI=1S/C16H18N2O5S2/c1-11-4-5-13(25(17,21)22)9-14(11)16(20)23-10-15(19)18-7-6-12-3-2-8-24-12/h2-5,8-9H,6-7,10H2,1H3,(H,18,19)(H2,17,21,22). The molecular formula is C16H18N2O5S2. The van der Waals surface area contributed by atoms with E-state index in [2.05, 4.69) is 5.32 Å². The van der Waals surface area contributed by atoms with Gasteiger partial charge in [0.15, 0.2) is 6.61 Å². The van der Waals surface area contributed by atoms with Crippen molar-refractivity contribution in [1.82, 2.24) is 5.32 Å². The molecule has 3 N–H and O–H groups in total. The molecule has 0 atom stereocenters. The van der Waals surface area contributed by atoms with Crippen molar-refractivity contribution in [3.05, 3.63) is 51.7 Å². The third-order valence-electron chi connectivity index (χ3n) is 3.37. The number of thiophene rings is 1. The Labute approximate surface area is 149 Å². The minimum Gasteiger partial charge on any atom is -0.452 e. The molecule has 0 saturated heterocycles. The van der Waals surface area contributed by atoms with Crippen molar-refractivity contribution >= 4 is 33.2 Å². The van der Waals surface area contributed by atoms with Crippen LogP contribution in [-0.2, 0) is 26.0 Å². The zero-order valence-electron chi connectivity index (χ0n) is 13.5. The number of aryl methyl sites for hydroxylation is 1. The number of hydrogen-bond acceptors (Lipinski definition) is 6. The van der Waals surface area contributed by atoms with Crippen molar-refractivity contribution < 1.29 is 22.7 Å². The molecule has 0 aliphatic rings. The SMILES string of the molecule is Cc1ccc(S(N)(=O)=O)cc1C(=O)OCC(=O)NCCc1cccs1. The van der Waals surface area contributed by atoms with Crippen molar-refractivity contribution in [2.45, 2.75) is 18.2 Å². The van der Waals surface area contributed by atoms with Gasteiger partial charge in [-0.15, -0.1) is 11.3 Å². The summed E-state index contributed by atoms with van der Waals surface area (Å²) < 4.78 is 27.7. The molecule has 0 fully saturated rings. The van der Waals surface area contributed by atoms with Crippen molar-refractivity contribution in [3.8, 4) is 0 Å². The molecule has 1 amide bonds. The summed E-state index contributed by atoms with van der Waals surface area (Å²) in [5, 5.41) is 9.66. The summed E-state index contributed by atoms with van der Waals surface area (Å²) in [5.41, 5.74) is 0.577. The Morgan fingerprint density at radius 3 is 2.68 bits per heavy atom. The van der Waals surface area contributed by atoms with E-state index in [0.29, 0.717) is 18.5 Å². The molecule has 25 heavy (non-hydrogen) atoms. The zero-order chi connectivity index (χ0) is 18.4. The van der Waals surface area contributed by atoms with Crippen LogP contribution in [0, 0.1) is 6.92 Å². The van der Waals surface area contributed by atoms with Crippen molar-refractivity contribution in [2.24, 2.45) is 5.14 Å². The zero-order valence-corrected chi connectivity index (χ0v) is 15.2. The maximum absolute atomic E-state index is 12.1. The lowest BCUT2D eigenvalue weighted by molar-refractivity contribution is -0.124. The van der Waals surface area contributed by atoms with Gasteiger partial charge in [-0.25, -0.2) is 18.4 Å². The lowest BCUT2D eigenvalue weighted by Crippen LogP contribution is -2.30. The number of amides is 1. The highest BCUT2D eigenvalue weighted by atomic mass is 32.2. The molecule has 9 heteroatoms. The maximum atomic E-state index is 12.1. The molecule has 7 nitrogen and oxygen atoms in total. The minimum atomic E-state index is -3.93. The quantitative estimate of drug-likeness (QED) is 0.699. The molecule has 2 aromatic rings. The number of carbonyl (C=O) groups excluding carboxylic acids is 2. The second-order valence-electron chi connectivity index (χ2n) is 5.28. The molecule has 1 heterocycles. The molecule has 1 aromatic heterocycles. The first kappa shape index (κ1) is 19.1. The van der Waals surface area contributed by atoms with Gasteiger partial charge in [0.05, 0.1) is 10.5 Å². The van der Waals surface area contributed by atoms with E-state index in [0.717, 1.165) is 10.9 Å². The van der Waals surface area contributed by atoms with Crippen LogP contribution >= 0.6 is 11.3 Å². The third kappa shape index (κ3) is 5.66. The second kappa shape index (κ2) is 8.24. The van der Waals surface area contributed by atoms with Gasteiger partial charge < -0.3 is 10.1 Å². The number of primary sulfonamides is 1. The van der Waals surface area contributed by atoms with Gasteiger partial charge >= 0.3 is 5.97 Å². The first-order chi connectivity index (χ1) is 11.8. The van der Waals surface area contributed by atoms with Crippen LogP contribution in [0.5, 0.6) is 0 Å². The summed E-state index contributed by atoms with van der Waals surface area (Å²) in [6.07, 6.45) is 0.701. The van der Waals surface area contributed by atoms with E-state index in [1.54, 1.807) is 18.3 Å². The average molecular weight is 382 g/mol. The summed E-state index contributed by atoms with van der Waals surface area (Å²) in [6.45, 7) is 1.63. The Hall–Kier alpha value is -2.23. The lowest BCUT2D eigenvalue weighted by Gasteiger charge is -2.09. The smallest absolute Gasteiger partial charge is 0.338 e. The highest BCUT2D eigenvalue weighted by Crippen LogP contribution is 2.15. The Morgan fingerprint density at radius 2 is 2.04 bits per heavy atom. The van der Waals surface area contributed by atoms with Gasteiger partial charge in [-0.1, -0.05) is 12.1 Å². The minimum absolute atomic E-state index is 0.0536. The molecule has 134 valence electrons. The predicted molar refractivity (Wildman–Crippen MR) is 93.9 cm³/mol. The van der Waals surface area contributed by atoms with E-state index < -0.39 is 28.5 Å². The summed E-state index contributed by atoms with van der Waals surface area (Å²) >= 11 is 1.60. The van der Waals surface area contributed by atoms with Gasteiger partial charge in [-0.3, -0.25) is 4.79 Å². The Balaban J connectivity index is 1.88. The van der Waals surface area contributed by atoms with Crippen molar-refractivity contribution in [3.63, 3.8) is 0 Å². The van der Waals surface area contributed by atoms with Gasteiger partial charge in [0.1, 0.15) is 0 Å². The number of hydrogen-bond donors (Lipinski definition) is 2. The molecule has 0 aliphatic heterocycles. The number of nitrogens with one attached hydrogen (secondary N) is 1. The highest BCUT2D eigenvalue weighted by Gasteiger charge is 2.17. The van der Waals surface area contributed by atoms with Gasteiger partial charge in [-0.2, -0.15) is 0 Å². The fourth-order valence-corrected chi connectivity index (χ4v) is 3.29. The fraction of sp³-hybridized carbons (Fsp3) is 0.250. The van der Waals surface area contributed by atoms with Gasteiger partial charge in [0.2, 0.25) is 10.0 Å². The molecule has 0 saturated carbocycles. The number of esters is 1. The van der Waals surface area contributed by atoms with Gasteiger partial charge in [0.25, 0.3) is 5.91 Å². The normalized spacial score (nSPS) is 11.1. The van der Waals surface area contributed by atoms with E-state index in [-0.39, 0.29) is 10.5 Å². The summed E-state index contributed by atoms with van der Waals surface area (Å²) in [6, 6.07) is 7.80. The van der Waals surface area contributed by atoms with E-state index in [4.69, 9.17) is 9.88 Å². The van der Waals surface area contributed by atoms with Crippen LogP contribution < -0.4 is 10.5 Å². The summed E-state index contributed by atoms with van der Waals surface area (Å²) in [7, 11) is -3.93. The average Bonchev–Trinajstić information content (AvgIpc) is 3.05. The van der Waals surface area contributed by atoms with E-state index >= 15 is 0 Å². The van der Waals surface area contributed by atoms with Crippen molar-refractivity contribution in [2.75, 3.05) is 13.2 Å². The van der Waals surface area contributed by atoms with Crippen LogP contribution in [0.1, 0.15) is 20.8 Å². The van der Waals surface area contributed by atoms with Gasteiger partial charge in [0, 0.05) is 11.4 Å². The summed E-state index contributed by atoms with van der Waals surface area (Å²) in [4.78, 5) is 24.7. The topological polar surface area (TPSA) is 116 Å². The number of carbonyl (C=O) groups is 2. The van der Waals surface area contributed by atoms with Crippen LogP contribution in [0.15, 0.2) is 40.6 Å². The Kier molecular flexibility index (Phi) is 6.29. The third-order valence-corrected chi connectivity index (χ3v) is 5.21. The van der Waals surface area contributed by atoms with Crippen molar-refractivity contribution in [1.29, 1.82) is 0 Å². The fourth-order valence-electron chi connectivity index (χ4n) is 2.04. The predicted octanol–water partition coefficient (Wildman–Crippen LogP) is 1.22.